The van der Waals surface area contributed by atoms with Crippen molar-refractivity contribution in [2.45, 2.75) is 0 Å². The molecule has 0 aromatic heterocycles. The van der Waals surface area contributed by atoms with Gasteiger partial charge in [0.1, 0.15) is 0 Å². The van der Waals surface area contributed by atoms with Gasteiger partial charge in [-0.25, -0.2) is 4.79 Å². The van der Waals surface area contributed by atoms with E-state index in [2.05, 4.69) is 43.8 Å². The van der Waals surface area contributed by atoms with Gasteiger partial charge in [0.15, 0.2) is 0 Å². The summed E-state index contributed by atoms with van der Waals surface area (Å²) in [4.78, 5) is 23.1. The van der Waals surface area contributed by atoms with E-state index < -0.39 is 5.97 Å². The zero-order valence-electron chi connectivity index (χ0n) is 10.6. The Hall–Kier alpha value is -1.61. The molecule has 5 nitrogen and oxygen atoms in total. The number of nitrogen functional groups attached to an aromatic ring is 1. The van der Waals surface area contributed by atoms with E-state index in [1.165, 1.54) is 18.2 Å². The smallest absolute Gasteiger partial charge is 0.335 e. The van der Waals surface area contributed by atoms with Crippen molar-refractivity contribution in [2.24, 2.45) is 0 Å². The number of benzene rings is 2. The van der Waals surface area contributed by atoms with Gasteiger partial charge >= 0.3 is 5.97 Å². The standard InChI is InChI=1S/C14H10BrIN2O3/c15-10-3-2-8(16)6-9(10)13(19)18-12-4-1-7(14(20)21)5-11(12)17/h1-6H,17H2,(H,18,19)(H,20,21). The van der Waals surface area contributed by atoms with E-state index in [-0.39, 0.29) is 17.2 Å². The van der Waals surface area contributed by atoms with Crippen LogP contribution in [0.3, 0.4) is 0 Å². The molecule has 0 aliphatic heterocycles. The van der Waals surface area contributed by atoms with Crippen molar-refractivity contribution in [1.29, 1.82) is 0 Å². The van der Waals surface area contributed by atoms with Gasteiger partial charge in [-0.05, 0) is 74.9 Å². The monoisotopic (exact) mass is 460 g/mol. The first-order valence-corrected chi connectivity index (χ1v) is 7.65. The second-order valence-electron chi connectivity index (χ2n) is 4.19. The molecule has 2 aromatic carbocycles. The predicted octanol–water partition coefficient (Wildman–Crippen LogP) is 3.59. The molecule has 0 saturated heterocycles. The summed E-state index contributed by atoms with van der Waals surface area (Å²) in [6.07, 6.45) is 0. The van der Waals surface area contributed by atoms with Crippen LogP contribution in [0, 0.1) is 3.57 Å². The summed E-state index contributed by atoms with van der Waals surface area (Å²) in [6, 6.07) is 9.56. The van der Waals surface area contributed by atoms with Crippen molar-refractivity contribution in [1.82, 2.24) is 0 Å². The van der Waals surface area contributed by atoms with Crippen molar-refractivity contribution in [2.75, 3.05) is 11.1 Å². The van der Waals surface area contributed by atoms with Gasteiger partial charge < -0.3 is 16.2 Å². The normalized spacial score (nSPS) is 10.2. The van der Waals surface area contributed by atoms with E-state index in [0.717, 1.165) is 3.57 Å². The molecule has 0 aliphatic carbocycles. The van der Waals surface area contributed by atoms with Crippen LogP contribution in [0.5, 0.6) is 0 Å². The minimum Gasteiger partial charge on any atom is -0.478 e. The van der Waals surface area contributed by atoms with Crippen LogP contribution in [0.1, 0.15) is 20.7 Å². The minimum absolute atomic E-state index is 0.0703. The molecule has 0 radical (unpaired) electrons. The second kappa shape index (κ2) is 6.44. The third-order valence-electron chi connectivity index (χ3n) is 2.72. The summed E-state index contributed by atoms with van der Waals surface area (Å²) in [7, 11) is 0. The summed E-state index contributed by atoms with van der Waals surface area (Å²) in [5, 5.41) is 11.5. The molecule has 2 aromatic rings. The molecule has 0 bridgehead atoms. The molecule has 0 saturated carbocycles. The number of halogens is 2. The Balaban J connectivity index is 2.27. The van der Waals surface area contributed by atoms with Crippen molar-refractivity contribution < 1.29 is 14.7 Å². The molecule has 21 heavy (non-hydrogen) atoms. The predicted molar refractivity (Wildman–Crippen MR) is 92.6 cm³/mol. The minimum atomic E-state index is -1.07. The summed E-state index contributed by atoms with van der Waals surface area (Å²) in [6.45, 7) is 0. The van der Waals surface area contributed by atoms with Gasteiger partial charge in [0.05, 0.1) is 22.5 Å². The lowest BCUT2D eigenvalue weighted by atomic mass is 10.1. The largest absolute Gasteiger partial charge is 0.478 e. The van der Waals surface area contributed by atoms with Crippen LogP contribution in [-0.4, -0.2) is 17.0 Å². The number of hydrogen-bond acceptors (Lipinski definition) is 3. The number of amides is 1. The zero-order valence-corrected chi connectivity index (χ0v) is 14.3. The number of carbonyl (C=O) groups is 2. The molecule has 0 spiro atoms. The Bertz CT molecular complexity index is 734. The lowest BCUT2D eigenvalue weighted by Gasteiger charge is -2.10. The van der Waals surface area contributed by atoms with Crippen LogP contribution in [-0.2, 0) is 0 Å². The number of carboxylic acids is 1. The van der Waals surface area contributed by atoms with E-state index in [1.807, 2.05) is 6.07 Å². The first-order chi connectivity index (χ1) is 9.88. The van der Waals surface area contributed by atoms with E-state index in [1.54, 1.807) is 12.1 Å². The number of nitrogens with one attached hydrogen (secondary N) is 1. The van der Waals surface area contributed by atoms with Crippen molar-refractivity contribution in [3.8, 4) is 0 Å². The third kappa shape index (κ3) is 3.73. The highest BCUT2D eigenvalue weighted by Crippen LogP contribution is 2.24. The Morgan fingerprint density at radius 3 is 2.52 bits per heavy atom. The average molecular weight is 461 g/mol. The summed E-state index contributed by atoms with van der Waals surface area (Å²) < 4.78 is 1.59. The summed E-state index contributed by atoms with van der Waals surface area (Å²) in [5.41, 5.74) is 6.88. The number of carboxylic acid groups (broad SMARTS) is 1. The highest BCUT2D eigenvalue weighted by atomic mass is 127. The van der Waals surface area contributed by atoms with Gasteiger partial charge in [-0.1, -0.05) is 0 Å². The number of anilines is 2. The quantitative estimate of drug-likeness (QED) is 0.482. The molecular formula is C14H10BrIN2O3. The first kappa shape index (κ1) is 15.8. The lowest BCUT2D eigenvalue weighted by Crippen LogP contribution is -2.14. The highest BCUT2D eigenvalue weighted by Gasteiger charge is 2.13. The molecule has 0 atom stereocenters. The Kier molecular flexibility index (Phi) is 4.84. The highest BCUT2D eigenvalue weighted by molar-refractivity contribution is 14.1. The fourth-order valence-corrected chi connectivity index (χ4v) is 2.59. The maximum Gasteiger partial charge on any atom is 0.335 e. The fraction of sp³-hybridized carbons (Fsp3) is 0. The molecule has 0 heterocycles. The number of aromatic carboxylic acids is 1. The summed E-state index contributed by atoms with van der Waals surface area (Å²) >= 11 is 5.43. The van der Waals surface area contributed by atoms with E-state index in [4.69, 9.17) is 10.8 Å². The Morgan fingerprint density at radius 2 is 1.90 bits per heavy atom. The third-order valence-corrected chi connectivity index (χ3v) is 4.08. The van der Waals surface area contributed by atoms with E-state index in [9.17, 15) is 9.59 Å². The van der Waals surface area contributed by atoms with Crippen LogP contribution in [0.15, 0.2) is 40.9 Å². The van der Waals surface area contributed by atoms with Crippen molar-refractivity contribution in [3.05, 3.63) is 55.6 Å². The molecule has 0 fully saturated rings. The zero-order chi connectivity index (χ0) is 15.6. The number of hydrogen-bond donors (Lipinski definition) is 3. The maximum atomic E-state index is 12.2. The van der Waals surface area contributed by atoms with E-state index >= 15 is 0 Å². The summed E-state index contributed by atoms with van der Waals surface area (Å²) in [5.74, 6) is -1.39. The van der Waals surface area contributed by atoms with Gasteiger partial charge in [-0.2, -0.15) is 0 Å². The van der Waals surface area contributed by atoms with Crippen LogP contribution < -0.4 is 11.1 Å². The van der Waals surface area contributed by atoms with Crippen LogP contribution >= 0.6 is 38.5 Å². The first-order valence-electron chi connectivity index (χ1n) is 5.77. The Morgan fingerprint density at radius 1 is 1.19 bits per heavy atom. The number of rotatable bonds is 3. The van der Waals surface area contributed by atoms with Crippen LogP contribution in [0.25, 0.3) is 0 Å². The molecule has 2 rings (SSSR count). The molecule has 1 amide bonds. The fourth-order valence-electron chi connectivity index (χ4n) is 1.67. The van der Waals surface area contributed by atoms with Crippen LogP contribution in [0.4, 0.5) is 11.4 Å². The van der Waals surface area contributed by atoms with Gasteiger partial charge in [-0.3, -0.25) is 4.79 Å². The SMILES string of the molecule is Nc1cc(C(=O)O)ccc1NC(=O)c1cc(I)ccc1Br. The van der Waals surface area contributed by atoms with Crippen molar-refractivity contribution in [3.63, 3.8) is 0 Å². The lowest BCUT2D eigenvalue weighted by molar-refractivity contribution is 0.0697. The number of carbonyl (C=O) groups excluding carboxylic acids is 1. The molecule has 7 heteroatoms. The average Bonchev–Trinajstić information content (AvgIpc) is 2.43. The molecular weight excluding hydrogens is 451 g/mol. The molecule has 0 unspecified atom stereocenters. The molecule has 4 N–H and O–H groups in total. The second-order valence-corrected chi connectivity index (χ2v) is 6.29. The molecule has 0 aliphatic rings. The van der Waals surface area contributed by atoms with E-state index in [0.29, 0.717) is 15.7 Å². The maximum absolute atomic E-state index is 12.2. The van der Waals surface area contributed by atoms with Gasteiger partial charge in [0.2, 0.25) is 0 Å². The number of nitrogens with two attached hydrogens (primary N) is 1. The Labute approximate surface area is 142 Å². The van der Waals surface area contributed by atoms with Gasteiger partial charge in [0, 0.05) is 8.04 Å². The van der Waals surface area contributed by atoms with Crippen LogP contribution in [0.2, 0.25) is 0 Å². The topological polar surface area (TPSA) is 92.4 Å². The molecule has 108 valence electrons. The van der Waals surface area contributed by atoms with Gasteiger partial charge in [0.25, 0.3) is 5.91 Å². The van der Waals surface area contributed by atoms with Crippen molar-refractivity contribution >= 4 is 61.8 Å². The van der Waals surface area contributed by atoms with Gasteiger partial charge in [-0.15, -0.1) is 0 Å².